The van der Waals surface area contributed by atoms with E-state index in [0.717, 1.165) is 17.0 Å². The summed E-state index contributed by atoms with van der Waals surface area (Å²) in [5.41, 5.74) is 1.22. The summed E-state index contributed by atoms with van der Waals surface area (Å²) in [5, 5.41) is 8.49. The van der Waals surface area contributed by atoms with Crippen LogP contribution in [0.4, 0.5) is 0 Å². The van der Waals surface area contributed by atoms with Crippen molar-refractivity contribution in [3.8, 4) is 0 Å². The molecule has 1 aliphatic heterocycles. The largest absolute Gasteiger partial charge is 0.314 e. The fraction of sp³-hybridized carbons (Fsp3) is 0.667. The fourth-order valence-corrected chi connectivity index (χ4v) is 4.46. The standard InChI is InChI=1S/C18H27ClN2/c1-13(14-7-2-3-9-16(14)19)21-18-11-6-8-15(18)17-10-4-5-12-20-17/h2-3,7,9,13,15,17-18,20-21H,4-6,8,10-12H2,1H3/t13-,15?,17?,18?/m1/s1. The maximum Gasteiger partial charge on any atom is 0.0453 e. The van der Waals surface area contributed by atoms with Crippen molar-refractivity contribution in [2.24, 2.45) is 5.92 Å². The minimum atomic E-state index is 0.327. The van der Waals surface area contributed by atoms with E-state index in [0.29, 0.717) is 12.1 Å². The van der Waals surface area contributed by atoms with Crippen LogP contribution in [0.5, 0.6) is 0 Å². The molecule has 3 heteroatoms. The SMILES string of the molecule is C[C@@H](NC1CCCC1C1CCCCN1)c1ccccc1Cl. The smallest absolute Gasteiger partial charge is 0.0453 e. The Hall–Kier alpha value is -0.570. The second-order valence-electron chi connectivity index (χ2n) is 6.67. The number of rotatable bonds is 4. The molecule has 2 nitrogen and oxygen atoms in total. The van der Waals surface area contributed by atoms with Crippen LogP contribution >= 0.6 is 11.6 Å². The molecule has 3 rings (SSSR count). The quantitative estimate of drug-likeness (QED) is 0.866. The van der Waals surface area contributed by atoms with Crippen LogP contribution in [0.3, 0.4) is 0 Å². The molecule has 0 spiro atoms. The Morgan fingerprint density at radius 2 is 2.00 bits per heavy atom. The Bertz CT molecular complexity index is 456. The normalized spacial score (nSPS) is 31.2. The molecule has 2 N–H and O–H groups in total. The lowest BCUT2D eigenvalue weighted by atomic mass is 9.88. The summed E-state index contributed by atoms with van der Waals surface area (Å²) in [6, 6.07) is 9.89. The van der Waals surface area contributed by atoms with Crippen molar-refractivity contribution >= 4 is 11.6 Å². The van der Waals surface area contributed by atoms with Crippen LogP contribution in [-0.2, 0) is 0 Å². The van der Waals surface area contributed by atoms with E-state index in [1.165, 1.54) is 50.6 Å². The summed E-state index contributed by atoms with van der Waals surface area (Å²) in [6.07, 6.45) is 8.11. The maximum absolute atomic E-state index is 6.34. The van der Waals surface area contributed by atoms with Gasteiger partial charge in [0.15, 0.2) is 0 Å². The van der Waals surface area contributed by atoms with Gasteiger partial charge in [-0.3, -0.25) is 0 Å². The number of piperidine rings is 1. The van der Waals surface area contributed by atoms with E-state index >= 15 is 0 Å². The lowest BCUT2D eigenvalue weighted by Crippen LogP contribution is -2.47. The Balaban J connectivity index is 1.64. The average Bonchev–Trinajstić information content (AvgIpc) is 2.96. The van der Waals surface area contributed by atoms with Gasteiger partial charge in [0, 0.05) is 23.1 Å². The average molecular weight is 307 g/mol. The molecule has 1 aromatic carbocycles. The molecular formula is C18H27ClN2. The number of hydrogen-bond donors (Lipinski definition) is 2. The monoisotopic (exact) mass is 306 g/mol. The lowest BCUT2D eigenvalue weighted by molar-refractivity contribution is 0.248. The van der Waals surface area contributed by atoms with Crippen LogP contribution in [0.2, 0.25) is 5.02 Å². The van der Waals surface area contributed by atoms with Crippen LogP contribution < -0.4 is 10.6 Å². The fourth-order valence-electron chi connectivity index (χ4n) is 4.16. The second-order valence-corrected chi connectivity index (χ2v) is 7.07. The van der Waals surface area contributed by atoms with Crippen molar-refractivity contribution in [2.45, 2.75) is 63.6 Å². The molecule has 4 atom stereocenters. The Morgan fingerprint density at radius 3 is 2.76 bits per heavy atom. The number of hydrogen-bond acceptors (Lipinski definition) is 2. The summed E-state index contributed by atoms with van der Waals surface area (Å²) in [6.45, 7) is 3.44. The second kappa shape index (κ2) is 7.13. The third kappa shape index (κ3) is 3.61. The zero-order valence-corrected chi connectivity index (χ0v) is 13.7. The van der Waals surface area contributed by atoms with Crippen molar-refractivity contribution in [1.82, 2.24) is 10.6 Å². The first-order valence-corrected chi connectivity index (χ1v) is 8.87. The Kier molecular flexibility index (Phi) is 5.20. The molecule has 21 heavy (non-hydrogen) atoms. The van der Waals surface area contributed by atoms with Gasteiger partial charge < -0.3 is 10.6 Å². The Morgan fingerprint density at radius 1 is 1.14 bits per heavy atom. The predicted molar refractivity (Wildman–Crippen MR) is 89.8 cm³/mol. The van der Waals surface area contributed by atoms with Crippen molar-refractivity contribution in [3.63, 3.8) is 0 Å². The number of nitrogens with one attached hydrogen (secondary N) is 2. The molecule has 2 fully saturated rings. The van der Waals surface area contributed by atoms with Crippen LogP contribution in [0.1, 0.15) is 57.1 Å². The number of benzene rings is 1. The van der Waals surface area contributed by atoms with Crippen LogP contribution in [0.25, 0.3) is 0 Å². The molecular weight excluding hydrogens is 280 g/mol. The van der Waals surface area contributed by atoms with E-state index in [-0.39, 0.29) is 0 Å². The molecule has 1 saturated heterocycles. The Labute approximate surface area is 133 Å². The van der Waals surface area contributed by atoms with Crippen LogP contribution in [0.15, 0.2) is 24.3 Å². The molecule has 1 heterocycles. The maximum atomic E-state index is 6.34. The highest BCUT2D eigenvalue weighted by molar-refractivity contribution is 6.31. The van der Waals surface area contributed by atoms with Gasteiger partial charge in [0.1, 0.15) is 0 Å². The molecule has 1 aliphatic carbocycles. The third-order valence-corrected chi connectivity index (χ3v) is 5.61. The lowest BCUT2D eigenvalue weighted by Gasteiger charge is -2.34. The summed E-state index contributed by atoms with van der Waals surface area (Å²) in [5.74, 6) is 0.787. The third-order valence-electron chi connectivity index (χ3n) is 5.27. The first-order valence-electron chi connectivity index (χ1n) is 8.49. The van der Waals surface area contributed by atoms with E-state index in [4.69, 9.17) is 11.6 Å². The summed E-state index contributed by atoms with van der Waals surface area (Å²) in [7, 11) is 0. The van der Waals surface area contributed by atoms with E-state index < -0.39 is 0 Å². The van der Waals surface area contributed by atoms with E-state index in [1.807, 2.05) is 12.1 Å². The van der Waals surface area contributed by atoms with Gasteiger partial charge in [-0.05, 0) is 56.7 Å². The highest BCUT2D eigenvalue weighted by Crippen LogP contribution is 2.34. The topological polar surface area (TPSA) is 24.1 Å². The van der Waals surface area contributed by atoms with Gasteiger partial charge in [0.2, 0.25) is 0 Å². The molecule has 0 amide bonds. The van der Waals surface area contributed by atoms with Gasteiger partial charge >= 0.3 is 0 Å². The minimum absolute atomic E-state index is 0.327. The molecule has 3 unspecified atom stereocenters. The van der Waals surface area contributed by atoms with Crippen molar-refractivity contribution in [3.05, 3.63) is 34.9 Å². The van der Waals surface area contributed by atoms with Gasteiger partial charge in [-0.25, -0.2) is 0 Å². The van der Waals surface area contributed by atoms with E-state index in [9.17, 15) is 0 Å². The minimum Gasteiger partial charge on any atom is -0.314 e. The molecule has 2 aliphatic rings. The van der Waals surface area contributed by atoms with Crippen molar-refractivity contribution in [2.75, 3.05) is 6.54 Å². The van der Waals surface area contributed by atoms with Gasteiger partial charge in [-0.1, -0.05) is 42.6 Å². The highest BCUT2D eigenvalue weighted by atomic mass is 35.5. The van der Waals surface area contributed by atoms with E-state index in [2.05, 4.69) is 29.7 Å². The van der Waals surface area contributed by atoms with Crippen molar-refractivity contribution < 1.29 is 0 Å². The van der Waals surface area contributed by atoms with Crippen molar-refractivity contribution in [1.29, 1.82) is 0 Å². The van der Waals surface area contributed by atoms with Crippen LogP contribution in [-0.4, -0.2) is 18.6 Å². The predicted octanol–water partition coefficient (Wildman–Crippen LogP) is 4.30. The summed E-state index contributed by atoms with van der Waals surface area (Å²) < 4.78 is 0. The van der Waals surface area contributed by atoms with Gasteiger partial charge in [-0.15, -0.1) is 0 Å². The zero-order chi connectivity index (χ0) is 14.7. The number of halogens is 1. The molecule has 0 radical (unpaired) electrons. The molecule has 0 aromatic heterocycles. The zero-order valence-electron chi connectivity index (χ0n) is 12.9. The highest BCUT2D eigenvalue weighted by Gasteiger charge is 2.34. The van der Waals surface area contributed by atoms with Crippen LogP contribution in [0, 0.1) is 5.92 Å². The summed E-state index contributed by atoms with van der Waals surface area (Å²) in [4.78, 5) is 0. The van der Waals surface area contributed by atoms with Gasteiger partial charge in [0.25, 0.3) is 0 Å². The van der Waals surface area contributed by atoms with Gasteiger partial charge in [0.05, 0.1) is 0 Å². The first-order chi connectivity index (χ1) is 10.3. The van der Waals surface area contributed by atoms with E-state index in [1.54, 1.807) is 0 Å². The molecule has 0 bridgehead atoms. The molecule has 1 aromatic rings. The molecule has 1 saturated carbocycles. The summed E-state index contributed by atoms with van der Waals surface area (Å²) >= 11 is 6.34. The molecule has 116 valence electrons. The first kappa shape index (κ1) is 15.3. The van der Waals surface area contributed by atoms with Gasteiger partial charge in [-0.2, -0.15) is 0 Å².